The molecule has 1 aromatic carbocycles. The summed E-state index contributed by atoms with van der Waals surface area (Å²) in [5, 5.41) is 0.471. The molecule has 0 radical (unpaired) electrons. The maximum absolute atomic E-state index is 6.08. The number of nitrogens with zero attached hydrogens (tertiary/aromatic N) is 1. The molecule has 0 saturated carbocycles. The molecule has 0 spiro atoms. The quantitative estimate of drug-likeness (QED) is 0.575. The van der Waals surface area contributed by atoms with Crippen molar-refractivity contribution in [2.45, 2.75) is 4.90 Å². The molecule has 1 aromatic heterocycles. The monoisotopic (exact) mass is 260 g/mol. The molecule has 0 amide bonds. The summed E-state index contributed by atoms with van der Waals surface area (Å²) in [5.41, 5.74) is 7.45. The van der Waals surface area contributed by atoms with Crippen LogP contribution in [-0.2, 0) is 0 Å². The number of thiol groups is 1. The van der Waals surface area contributed by atoms with Gasteiger partial charge in [0.05, 0.1) is 5.02 Å². The van der Waals surface area contributed by atoms with Gasteiger partial charge in [0.2, 0.25) is 0 Å². The zero-order chi connectivity index (χ0) is 10.8. The normalized spacial score (nSPS) is 9.62. The molecule has 0 atom stereocenters. The number of nitrogens with two attached hydrogens (primary N) is 1. The molecule has 2 aromatic rings. The van der Waals surface area contributed by atoms with Gasteiger partial charge in [0.15, 0.2) is 0 Å². The maximum atomic E-state index is 6.08. The zero-order valence-electron chi connectivity index (χ0n) is 9.81. The van der Waals surface area contributed by atoms with Gasteiger partial charge in [-0.25, -0.2) is 4.98 Å². The van der Waals surface area contributed by atoms with Crippen LogP contribution in [-0.4, -0.2) is 4.98 Å². The van der Waals surface area contributed by atoms with Crippen molar-refractivity contribution in [3.8, 4) is 11.1 Å². The van der Waals surface area contributed by atoms with Crippen LogP contribution in [0.3, 0.4) is 0 Å². The first kappa shape index (κ1) is 13.9. The van der Waals surface area contributed by atoms with E-state index in [0.29, 0.717) is 10.8 Å². The number of nitrogen functional groups attached to an aromatic ring is 1. The largest absolute Gasteiger partial charge is 1.00 e. The fourth-order valence-corrected chi connectivity index (χ4v) is 1.86. The Morgan fingerprint density at radius 1 is 1.19 bits per heavy atom. The molecule has 2 rings (SSSR count). The number of rotatable bonds is 1. The van der Waals surface area contributed by atoms with E-state index in [1.807, 2.05) is 30.3 Å². The predicted octanol–water partition coefficient (Wildman–Crippen LogP) is 0.389. The van der Waals surface area contributed by atoms with Crippen molar-refractivity contribution >= 4 is 30.0 Å². The first-order valence-corrected chi connectivity index (χ1v) is 5.21. The minimum absolute atomic E-state index is 0. The molecular formula is C11H10ClN2NaS. The van der Waals surface area contributed by atoms with Crippen molar-refractivity contribution in [2.75, 3.05) is 5.73 Å². The van der Waals surface area contributed by atoms with E-state index < -0.39 is 0 Å². The molecule has 0 aliphatic carbocycles. The first-order chi connectivity index (χ1) is 7.20. The number of anilines is 1. The number of aromatic nitrogens is 1. The summed E-state index contributed by atoms with van der Waals surface area (Å²) >= 11 is 10.4. The van der Waals surface area contributed by atoms with Gasteiger partial charge in [0.1, 0.15) is 5.82 Å². The van der Waals surface area contributed by atoms with Crippen molar-refractivity contribution in [1.82, 2.24) is 4.98 Å². The summed E-state index contributed by atoms with van der Waals surface area (Å²) in [6.45, 7) is 0. The molecule has 0 bridgehead atoms. The second-order valence-corrected chi connectivity index (χ2v) is 3.93. The fourth-order valence-electron chi connectivity index (χ4n) is 1.37. The number of halogens is 1. The summed E-state index contributed by atoms with van der Waals surface area (Å²) in [7, 11) is 0. The van der Waals surface area contributed by atoms with E-state index in [-0.39, 0.29) is 31.0 Å². The van der Waals surface area contributed by atoms with Crippen LogP contribution in [0.2, 0.25) is 5.02 Å². The van der Waals surface area contributed by atoms with Gasteiger partial charge in [-0.1, -0.05) is 29.8 Å². The number of hydrogen-bond acceptors (Lipinski definition) is 3. The van der Waals surface area contributed by atoms with Gasteiger partial charge in [-0.2, -0.15) is 0 Å². The summed E-state index contributed by atoms with van der Waals surface area (Å²) in [6, 6.07) is 9.54. The van der Waals surface area contributed by atoms with Crippen molar-refractivity contribution in [2.24, 2.45) is 0 Å². The van der Waals surface area contributed by atoms with E-state index in [1.54, 1.807) is 6.20 Å². The Hall–Kier alpha value is -0.190. The van der Waals surface area contributed by atoms with Gasteiger partial charge in [0, 0.05) is 16.7 Å². The first-order valence-electron chi connectivity index (χ1n) is 4.38. The van der Waals surface area contributed by atoms with Crippen LogP contribution in [0.4, 0.5) is 5.82 Å². The second kappa shape index (κ2) is 5.94. The summed E-state index contributed by atoms with van der Waals surface area (Å²) in [4.78, 5) is 4.78. The second-order valence-electron chi connectivity index (χ2n) is 3.07. The van der Waals surface area contributed by atoms with Crippen LogP contribution in [0.5, 0.6) is 0 Å². The minimum Gasteiger partial charge on any atom is -1.00 e. The molecule has 0 fully saturated rings. The molecular weight excluding hydrogens is 251 g/mol. The van der Waals surface area contributed by atoms with Crippen molar-refractivity contribution in [3.05, 3.63) is 41.6 Å². The molecule has 0 saturated heterocycles. The van der Waals surface area contributed by atoms with Crippen LogP contribution in [0, 0.1) is 0 Å². The zero-order valence-corrected chi connectivity index (χ0v) is 12.5. The molecule has 0 unspecified atom stereocenters. The third kappa shape index (κ3) is 2.73. The van der Waals surface area contributed by atoms with Gasteiger partial charge >= 0.3 is 29.6 Å². The Morgan fingerprint density at radius 3 is 2.56 bits per heavy atom. The maximum Gasteiger partial charge on any atom is 1.00 e. The standard InChI is InChI=1S/C11H9ClN2S.Na.H/c12-10-8(5-6-14-11(10)13)7-3-1-2-4-9(7)15;;/h1-6,15H,(H2,13,14);;/q;+1;-1. The smallest absolute Gasteiger partial charge is 1.00 e. The van der Waals surface area contributed by atoms with Gasteiger partial charge < -0.3 is 7.16 Å². The number of hydrogen-bond donors (Lipinski definition) is 2. The Kier molecular flexibility index (Phi) is 5.15. The average molecular weight is 261 g/mol. The van der Waals surface area contributed by atoms with Crippen LogP contribution in [0.25, 0.3) is 11.1 Å². The van der Waals surface area contributed by atoms with Crippen molar-refractivity contribution in [1.29, 1.82) is 0 Å². The molecule has 5 heteroatoms. The fraction of sp³-hybridized carbons (Fsp3) is 0. The topological polar surface area (TPSA) is 38.9 Å². The summed E-state index contributed by atoms with van der Waals surface area (Å²) in [5.74, 6) is 0.339. The molecule has 2 nitrogen and oxygen atoms in total. The van der Waals surface area contributed by atoms with E-state index in [2.05, 4.69) is 17.6 Å². The van der Waals surface area contributed by atoms with Gasteiger partial charge in [0.25, 0.3) is 0 Å². The molecule has 78 valence electrons. The third-order valence-electron chi connectivity index (χ3n) is 2.11. The Bertz CT molecular complexity index is 511. The van der Waals surface area contributed by atoms with E-state index in [1.165, 1.54) is 0 Å². The van der Waals surface area contributed by atoms with E-state index in [0.717, 1.165) is 16.0 Å². The number of pyridine rings is 1. The van der Waals surface area contributed by atoms with Gasteiger partial charge in [-0.05, 0) is 17.7 Å². The van der Waals surface area contributed by atoms with E-state index in [9.17, 15) is 0 Å². The predicted molar refractivity (Wildman–Crippen MR) is 67.5 cm³/mol. The Morgan fingerprint density at radius 2 is 1.88 bits per heavy atom. The third-order valence-corrected chi connectivity index (χ3v) is 2.90. The molecule has 0 aliphatic heterocycles. The number of benzene rings is 1. The van der Waals surface area contributed by atoms with Gasteiger partial charge in [-0.15, -0.1) is 12.6 Å². The molecule has 1 heterocycles. The molecule has 0 aliphatic rings. The average Bonchev–Trinajstić information content (AvgIpc) is 2.23. The van der Waals surface area contributed by atoms with Crippen LogP contribution < -0.4 is 35.3 Å². The van der Waals surface area contributed by atoms with Crippen molar-refractivity contribution in [3.63, 3.8) is 0 Å². The van der Waals surface area contributed by atoms with Crippen LogP contribution in [0.15, 0.2) is 41.4 Å². The summed E-state index contributed by atoms with van der Waals surface area (Å²) < 4.78 is 0. The van der Waals surface area contributed by atoms with Crippen LogP contribution in [0.1, 0.15) is 1.43 Å². The molecule has 16 heavy (non-hydrogen) atoms. The molecule has 2 N–H and O–H groups in total. The van der Waals surface area contributed by atoms with E-state index >= 15 is 0 Å². The van der Waals surface area contributed by atoms with Crippen molar-refractivity contribution < 1.29 is 31.0 Å². The van der Waals surface area contributed by atoms with Gasteiger partial charge in [-0.3, -0.25) is 0 Å². The Labute approximate surface area is 128 Å². The van der Waals surface area contributed by atoms with Crippen LogP contribution >= 0.6 is 24.2 Å². The Balaban J connectivity index is 0.00000128. The SMILES string of the molecule is Nc1nccc(-c2ccccc2S)c1Cl.[H-].[Na+]. The minimum atomic E-state index is 0. The van der Waals surface area contributed by atoms with E-state index in [4.69, 9.17) is 17.3 Å². The summed E-state index contributed by atoms with van der Waals surface area (Å²) in [6.07, 6.45) is 1.64.